The van der Waals surface area contributed by atoms with Crippen LogP contribution in [0.5, 0.6) is 0 Å². The van der Waals surface area contributed by atoms with Crippen molar-refractivity contribution in [3.05, 3.63) is 16.5 Å². The van der Waals surface area contributed by atoms with E-state index in [9.17, 15) is 4.79 Å². The Bertz CT molecular complexity index is 633. The SMILES string of the molecule is CC(=O)CSc1nnc(-c2cc3c(s2)CC[C@H](C)C3)o1. The molecule has 1 aliphatic carbocycles. The summed E-state index contributed by atoms with van der Waals surface area (Å²) in [6.07, 6.45) is 3.56. The van der Waals surface area contributed by atoms with Gasteiger partial charge in [0.05, 0.1) is 10.6 Å². The Balaban J connectivity index is 1.78. The molecule has 6 heteroatoms. The van der Waals surface area contributed by atoms with Crippen LogP contribution in [-0.4, -0.2) is 21.7 Å². The number of rotatable bonds is 4. The molecule has 0 radical (unpaired) electrons. The van der Waals surface area contributed by atoms with Crippen molar-refractivity contribution in [2.45, 2.75) is 38.3 Å². The van der Waals surface area contributed by atoms with Crippen molar-refractivity contribution < 1.29 is 9.21 Å². The maximum atomic E-state index is 10.9. The van der Waals surface area contributed by atoms with E-state index in [0.29, 0.717) is 16.9 Å². The molecule has 0 N–H and O–H groups in total. The summed E-state index contributed by atoms with van der Waals surface area (Å²) in [5.74, 6) is 1.81. The summed E-state index contributed by atoms with van der Waals surface area (Å²) in [6.45, 7) is 3.85. The lowest BCUT2D eigenvalue weighted by molar-refractivity contribution is -0.114. The molecule has 20 heavy (non-hydrogen) atoms. The minimum Gasteiger partial charge on any atom is -0.410 e. The third kappa shape index (κ3) is 2.96. The molecule has 2 heterocycles. The number of Topliss-reactive ketones (excluding diaryl/α,β-unsaturated/α-hetero) is 1. The minimum atomic E-state index is 0.107. The molecule has 0 amide bonds. The fraction of sp³-hybridized carbons (Fsp3) is 0.500. The molecule has 0 saturated carbocycles. The molecule has 4 nitrogen and oxygen atoms in total. The zero-order valence-electron chi connectivity index (χ0n) is 11.5. The second kappa shape index (κ2) is 5.69. The predicted molar refractivity (Wildman–Crippen MR) is 80.2 cm³/mol. The second-order valence-electron chi connectivity index (χ2n) is 5.27. The predicted octanol–water partition coefficient (Wildman–Crippen LogP) is 3.60. The van der Waals surface area contributed by atoms with E-state index in [2.05, 4.69) is 23.2 Å². The summed E-state index contributed by atoms with van der Waals surface area (Å²) in [4.78, 5) is 13.4. The van der Waals surface area contributed by atoms with Gasteiger partial charge in [0.1, 0.15) is 5.78 Å². The topological polar surface area (TPSA) is 56.0 Å². The Labute approximate surface area is 126 Å². The third-order valence-electron chi connectivity index (χ3n) is 3.35. The standard InChI is InChI=1S/C14H16N2O2S2/c1-8-3-4-11-10(5-8)6-12(20-11)13-15-16-14(18-13)19-7-9(2)17/h6,8H,3-5,7H2,1-2H3/t8-/m0/s1. The Morgan fingerprint density at radius 2 is 2.40 bits per heavy atom. The quantitative estimate of drug-likeness (QED) is 0.808. The van der Waals surface area contributed by atoms with Crippen molar-refractivity contribution in [2.24, 2.45) is 5.92 Å². The maximum absolute atomic E-state index is 10.9. The van der Waals surface area contributed by atoms with E-state index >= 15 is 0 Å². The van der Waals surface area contributed by atoms with Gasteiger partial charge in [0.15, 0.2) is 0 Å². The van der Waals surface area contributed by atoms with Gasteiger partial charge in [-0.25, -0.2) is 0 Å². The first kappa shape index (κ1) is 13.8. The largest absolute Gasteiger partial charge is 0.410 e. The Morgan fingerprint density at radius 3 is 3.20 bits per heavy atom. The monoisotopic (exact) mass is 308 g/mol. The average molecular weight is 308 g/mol. The van der Waals surface area contributed by atoms with Crippen molar-refractivity contribution in [1.29, 1.82) is 0 Å². The fourth-order valence-electron chi connectivity index (χ4n) is 2.34. The molecule has 0 bridgehead atoms. The van der Waals surface area contributed by atoms with Crippen LogP contribution in [0.25, 0.3) is 10.8 Å². The normalized spacial score (nSPS) is 18.0. The number of aromatic nitrogens is 2. The van der Waals surface area contributed by atoms with E-state index in [1.165, 1.54) is 28.6 Å². The smallest absolute Gasteiger partial charge is 0.277 e. The number of aryl methyl sites for hydroxylation is 1. The summed E-state index contributed by atoms with van der Waals surface area (Å²) in [6, 6.07) is 2.18. The van der Waals surface area contributed by atoms with Crippen molar-refractivity contribution in [2.75, 3.05) is 5.75 Å². The molecular formula is C14H16N2O2S2. The van der Waals surface area contributed by atoms with Gasteiger partial charge in [-0.2, -0.15) is 0 Å². The van der Waals surface area contributed by atoms with Gasteiger partial charge in [0.2, 0.25) is 0 Å². The van der Waals surface area contributed by atoms with Crippen LogP contribution in [0.15, 0.2) is 15.7 Å². The van der Waals surface area contributed by atoms with Crippen molar-refractivity contribution in [3.63, 3.8) is 0 Å². The summed E-state index contributed by atoms with van der Waals surface area (Å²) in [5.41, 5.74) is 1.43. The molecule has 0 unspecified atom stereocenters. The highest BCUT2D eigenvalue weighted by Gasteiger charge is 2.21. The van der Waals surface area contributed by atoms with E-state index in [4.69, 9.17) is 4.42 Å². The molecule has 0 spiro atoms. The van der Waals surface area contributed by atoms with Crippen LogP contribution >= 0.6 is 23.1 Å². The van der Waals surface area contributed by atoms with E-state index in [0.717, 1.165) is 23.6 Å². The van der Waals surface area contributed by atoms with E-state index in [1.807, 2.05) is 0 Å². The summed E-state index contributed by atoms with van der Waals surface area (Å²) in [7, 11) is 0. The first-order valence-corrected chi connectivity index (χ1v) is 8.49. The number of thiophene rings is 1. The van der Waals surface area contributed by atoms with Gasteiger partial charge in [-0.15, -0.1) is 21.5 Å². The minimum absolute atomic E-state index is 0.107. The number of fused-ring (bicyclic) bond motifs is 1. The molecule has 0 aromatic carbocycles. The van der Waals surface area contributed by atoms with Crippen molar-refractivity contribution in [3.8, 4) is 10.8 Å². The molecule has 0 aliphatic heterocycles. The number of hydrogen-bond donors (Lipinski definition) is 0. The number of carbonyl (C=O) groups excluding carboxylic acids is 1. The van der Waals surface area contributed by atoms with E-state index in [1.54, 1.807) is 18.3 Å². The van der Waals surface area contributed by atoms with Gasteiger partial charge in [-0.1, -0.05) is 18.7 Å². The fourth-order valence-corrected chi connectivity index (χ4v) is 4.04. The summed E-state index contributed by atoms with van der Waals surface area (Å²) in [5, 5.41) is 8.54. The molecule has 2 aromatic heterocycles. The van der Waals surface area contributed by atoms with Gasteiger partial charge in [0, 0.05) is 4.88 Å². The molecule has 3 rings (SSSR count). The number of nitrogens with zero attached hydrogens (tertiary/aromatic N) is 2. The van der Waals surface area contributed by atoms with Gasteiger partial charge < -0.3 is 4.42 Å². The number of hydrogen-bond acceptors (Lipinski definition) is 6. The first-order valence-electron chi connectivity index (χ1n) is 6.69. The molecule has 2 aromatic rings. The summed E-state index contributed by atoms with van der Waals surface area (Å²) >= 11 is 3.05. The molecule has 1 aliphatic rings. The van der Waals surface area contributed by atoms with Crippen LogP contribution in [-0.2, 0) is 17.6 Å². The zero-order chi connectivity index (χ0) is 14.1. The third-order valence-corrected chi connectivity index (χ3v) is 5.53. The Morgan fingerprint density at radius 1 is 1.55 bits per heavy atom. The van der Waals surface area contributed by atoms with Crippen LogP contribution in [0, 0.1) is 5.92 Å². The number of ketones is 1. The molecule has 0 fully saturated rings. The highest BCUT2D eigenvalue weighted by molar-refractivity contribution is 7.99. The lowest BCUT2D eigenvalue weighted by atomic mass is 9.90. The first-order chi connectivity index (χ1) is 9.61. The highest BCUT2D eigenvalue weighted by atomic mass is 32.2. The van der Waals surface area contributed by atoms with Crippen molar-refractivity contribution in [1.82, 2.24) is 10.2 Å². The average Bonchev–Trinajstić information content (AvgIpc) is 3.01. The zero-order valence-corrected chi connectivity index (χ0v) is 13.1. The molecule has 106 valence electrons. The molecule has 0 saturated heterocycles. The van der Waals surface area contributed by atoms with Gasteiger partial charge in [-0.3, -0.25) is 4.79 Å². The van der Waals surface area contributed by atoms with Crippen LogP contribution in [0.1, 0.15) is 30.7 Å². The van der Waals surface area contributed by atoms with Gasteiger partial charge >= 0.3 is 0 Å². The second-order valence-corrected chi connectivity index (χ2v) is 7.33. The van der Waals surface area contributed by atoms with Crippen molar-refractivity contribution >= 4 is 28.9 Å². The number of carbonyl (C=O) groups is 1. The van der Waals surface area contributed by atoms with E-state index < -0.39 is 0 Å². The Kier molecular flexibility index (Phi) is 3.94. The summed E-state index contributed by atoms with van der Waals surface area (Å²) < 4.78 is 5.62. The van der Waals surface area contributed by atoms with Crippen LogP contribution in [0.4, 0.5) is 0 Å². The molecular weight excluding hydrogens is 292 g/mol. The van der Waals surface area contributed by atoms with Gasteiger partial charge in [0.25, 0.3) is 11.1 Å². The van der Waals surface area contributed by atoms with Crippen LogP contribution in [0.2, 0.25) is 0 Å². The van der Waals surface area contributed by atoms with Crippen LogP contribution in [0.3, 0.4) is 0 Å². The maximum Gasteiger partial charge on any atom is 0.277 e. The Hall–Kier alpha value is -1.14. The van der Waals surface area contributed by atoms with Crippen LogP contribution < -0.4 is 0 Å². The lowest BCUT2D eigenvalue weighted by Crippen LogP contribution is -2.07. The molecule has 1 atom stereocenters. The number of thioether (sulfide) groups is 1. The van der Waals surface area contributed by atoms with Gasteiger partial charge in [-0.05, 0) is 43.7 Å². The van der Waals surface area contributed by atoms with E-state index in [-0.39, 0.29) is 5.78 Å². The lowest BCUT2D eigenvalue weighted by Gasteiger charge is -2.16. The highest BCUT2D eigenvalue weighted by Crippen LogP contribution is 2.37.